The number of aliphatic hydroxyl groups is 1. The molecule has 100 valence electrons. The first kappa shape index (κ1) is 13.5. The van der Waals surface area contributed by atoms with E-state index in [0.717, 1.165) is 0 Å². The summed E-state index contributed by atoms with van der Waals surface area (Å²) >= 11 is 0. The summed E-state index contributed by atoms with van der Waals surface area (Å²) in [6, 6.07) is 0. The highest BCUT2D eigenvalue weighted by molar-refractivity contribution is 6.74. The maximum atomic E-state index is 9.46. The van der Waals surface area contributed by atoms with Gasteiger partial charge in [0.2, 0.25) is 0 Å². The number of aliphatic hydroxyl groups excluding tert-OH is 1. The van der Waals surface area contributed by atoms with Crippen molar-refractivity contribution in [1.82, 2.24) is 0 Å². The lowest BCUT2D eigenvalue weighted by Gasteiger charge is -2.39. The van der Waals surface area contributed by atoms with Gasteiger partial charge in [-0.2, -0.15) is 0 Å². The molecule has 1 N–H and O–H groups in total. The van der Waals surface area contributed by atoms with Crippen molar-refractivity contribution in [3.05, 3.63) is 0 Å². The third-order valence-electron chi connectivity index (χ3n) is 4.21. The molecule has 2 heterocycles. The van der Waals surface area contributed by atoms with Crippen molar-refractivity contribution < 1.29 is 19.0 Å². The molecule has 2 aliphatic rings. The molecular weight excluding hydrogens is 236 g/mol. The molecular formula is C12H24O4Si. The van der Waals surface area contributed by atoms with Crippen molar-refractivity contribution in [1.29, 1.82) is 0 Å². The molecule has 5 heteroatoms. The summed E-state index contributed by atoms with van der Waals surface area (Å²) in [5, 5.41) is 9.65. The van der Waals surface area contributed by atoms with E-state index in [-0.39, 0.29) is 23.4 Å². The second kappa shape index (κ2) is 4.31. The van der Waals surface area contributed by atoms with Crippen molar-refractivity contribution in [3.8, 4) is 0 Å². The van der Waals surface area contributed by atoms with E-state index in [2.05, 4.69) is 33.9 Å². The Morgan fingerprint density at radius 2 is 1.94 bits per heavy atom. The van der Waals surface area contributed by atoms with Crippen LogP contribution in [-0.4, -0.2) is 44.6 Å². The first-order valence-corrected chi connectivity index (χ1v) is 9.24. The third-order valence-corrected chi connectivity index (χ3v) is 8.71. The molecule has 0 aromatic heterocycles. The van der Waals surface area contributed by atoms with E-state index in [0.29, 0.717) is 13.0 Å². The fraction of sp³-hybridized carbons (Fsp3) is 1.00. The zero-order valence-electron chi connectivity index (χ0n) is 11.4. The van der Waals surface area contributed by atoms with E-state index < -0.39 is 14.6 Å². The average molecular weight is 260 g/mol. The number of hydrogen-bond donors (Lipinski definition) is 1. The van der Waals surface area contributed by atoms with E-state index in [9.17, 15) is 5.11 Å². The molecule has 0 radical (unpaired) electrons. The van der Waals surface area contributed by atoms with Crippen LogP contribution in [0.1, 0.15) is 27.2 Å². The van der Waals surface area contributed by atoms with Crippen LogP contribution in [-0.2, 0) is 13.9 Å². The van der Waals surface area contributed by atoms with Gasteiger partial charge in [-0.15, -0.1) is 0 Å². The summed E-state index contributed by atoms with van der Waals surface area (Å²) < 4.78 is 17.4. The average Bonchev–Trinajstić information content (AvgIpc) is 2.65. The van der Waals surface area contributed by atoms with Crippen LogP contribution in [0.25, 0.3) is 0 Å². The van der Waals surface area contributed by atoms with E-state index in [4.69, 9.17) is 13.9 Å². The molecule has 0 aromatic carbocycles. The maximum absolute atomic E-state index is 9.46. The Kier molecular flexibility index (Phi) is 3.42. The number of rotatable bonds is 2. The number of fused-ring (bicyclic) bond motifs is 1. The van der Waals surface area contributed by atoms with E-state index in [1.54, 1.807) is 0 Å². The van der Waals surface area contributed by atoms with Crippen LogP contribution in [0.3, 0.4) is 0 Å². The molecule has 2 rings (SSSR count). The minimum absolute atomic E-state index is 0.0137. The summed E-state index contributed by atoms with van der Waals surface area (Å²) in [6.45, 7) is 11.7. The fourth-order valence-electron chi connectivity index (χ4n) is 2.12. The van der Waals surface area contributed by atoms with Crippen LogP contribution in [0.15, 0.2) is 0 Å². The molecule has 2 aliphatic heterocycles. The molecule has 4 atom stereocenters. The highest BCUT2D eigenvalue weighted by Crippen LogP contribution is 2.40. The molecule has 4 nitrogen and oxygen atoms in total. The van der Waals surface area contributed by atoms with Crippen molar-refractivity contribution >= 4 is 8.32 Å². The summed E-state index contributed by atoms with van der Waals surface area (Å²) in [7, 11) is -1.79. The van der Waals surface area contributed by atoms with Crippen LogP contribution in [0.2, 0.25) is 18.1 Å². The van der Waals surface area contributed by atoms with Gasteiger partial charge in [-0.3, -0.25) is 0 Å². The second-order valence-corrected chi connectivity index (χ2v) is 11.3. The van der Waals surface area contributed by atoms with Gasteiger partial charge >= 0.3 is 0 Å². The molecule has 2 fully saturated rings. The van der Waals surface area contributed by atoms with Gasteiger partial charge < -0.3 is 19.0 Å². The van der Waals surface area contributed by atoms with Crippen LogP contribution in [0, 0.1) is 0 Å². The van der Waals surface area contributed by atoms with E-state index in [1.165, 1.54) is 0 Å². The standard InChI is InChI=1S/C12H24O4Si/c1-12(2,3)17(4,5)16-9-7-14-8-6-10(13)15-11(8)9/h8-11,13H,6-7H2,1-5H3/t8-,9-,10?,11+/m1/s1. The second-order valence-electron chi connectivity index (χ2n) is 6.58. The Balaban J connectivity index is 2.01. The predicted molar refractivity (Wildman–Crippen MR) is 67.3 cm³/mol. The van der Waals surface area contributed by atoms with E-state index in [1.807, 2.05) is 0 Å². The number of ether oxygens (including phenoxy) is 2. The van der Waals surface area contributed by atoms with Crippen LogP contribution >= 0.6 is 0 Å². The lowest BCUT2D eigenvalue weighted by Crippen LogP contribution is -2.47. The smallest absolute Gasteiger partial charge is 0.192 e. The largest absolute Gasteiger partial charge is 0.409 e. The molecule has 0 aromatic rings. The Morgan fingerprint density at radius 1 is 1.29 bits per heavy atom. The summed E-state index contributed by atoms with van der Waals surface area (Å²) in [5.74, 6) is 0. The van der Waals surface area contributed by atoms with Crippen LogP contribution in [0.5, 0.6) is 0 Å². The highest BCUT2D eigenvalue weighted by Gasteiger charge is 2.49. The zero-order valence-corrected chi connectivity index (χ0v) is 12.4. The quantitative estimate of drug-likeness (QED) is 0.770. The van der Waals surface area contributed by atoms with Gasteiger partial charge in [-0.1, -0.05) is 20.8 Å². The topological polar surface area (TPSA) is 47.9 Å². The highest BCUT2D eigenvalue weighted by atomic mass is 28.4. The molecule has 0 amide bonds. The van der Waals surface area contributed by atoms with Crippen molar-refractivity contribution in [2.45, 2.75) is 69.9 Å². The minimum atomic E-state index is -1.79. The SMILES string of the molecule is CC(C)(C)[Si](C)(C)O[C@@H]1CO[C@@H]2CC(O)O[C@@H]21. The molecule has 0 saturated carbocycles. The van der Waals surface area contributed by atoms with Crippen LogP contribution < -0.4 is 0 Å². The summed E-state index contributed by atoms with van der Waals surface area (Å²) in [6.07, 6.45) is -0.199. The Labute approximate surface area is 104 Å². The van der Waals surface area contributed by atoms with Gasteiger partial charge in [0.05, 0.1) is 18.8 Å². The zero-order chi connectivity index (χ0) is 12.8. The van der Waals surface area contributed by atoms with Crippen LogP contribution in [0.4, 0.5) is 0 Å². The fourth-order valence-corrected chi connectivity index (χ4v) is 3.43. The molecule has 1 unspecified atom stereocenters. The normalized spacial score (nSPS) is 38.5. The predicted octanol–water partition coefficient (Wildman–Crippen LogP) is 1.88. The Hall–Kier alpha value is 0.0569. The van der Waals surface area contributed by atoms with Gasteiger partial charge in [0, 0.05) is 6.42 Å². The van der Waals surface area contributed by atoms with E-state index >= 15 is 0 Å². The Bertz CT molecular complexity index is 287. The lowest BCUT2D eigenvalue weighted by molar-refractivity contribution is -0.112. The molecule has 0 aliphatic carbocycles. The van der Waals surface area contributed by atoms with Crippen molar-refractivity contribution in [2.75, 3.05) is 6.61 Å². The van der Waals surface area contributed by atoms with Gasteiger partial charge in [0.15, 0.2) is 14.6 Å². The van der Waals surface area contributed by atoms with Gasteiger partial charge in [-0.05, 0) is 18.1 Å². The number of hydrogen-bond acceptors (Lipinski definition) is 4. The molecule has 0 spiro atoms. The summed E-state index contributed by atoms with van der Waals surface area (Å²) in [5.41, 5.74) is 0. The molecule has 17 heavy (non-hydrogen) atoms. The molecule has 0 bridgehead atoms. The van der Waals surface area contributed by atoms with Crippen molar-refractivity contribution in [2.24, 2.45) is 0 Å². The van der Waals surface area contributed by atoms with Gasteiger partial charge in [0.25, 0.3) is 0 Å². The summed E-state index contributed by atoms with van der Waals surface area (Å²) in [4.78, 5) is 0. The first-order chi connectivity index (χ1) is 7.71. The first-order valence-electron chi connectivity index (χ1n) is 6.34. The third kappa shape index (κ3) is 2.58. The Morgan fingerprint density at radius 3 is 2.53 bits per heavy atom. The maximum Gasteiger partial charge on any atom is 0.192 e. The monoisotopic (exact) mass is 260 g/mol. The van der Waals surface area contributed by atoms with Gasteiger partial charge in [0.1, 0.15) is 6.10 Å². The lowest BCUT2D eigenvalue weighted by atomic mass is 10.1. The molecule has 2 saturated heterocycles. The minimum Gasteiger partial charge on any atom is -0.409 e. The van der Waals surface area contributed by atoms with Crippen molar-refractivity contribution in [3.63, 3.8) is 0 Å². The van der Waals surface area contributed by atoms with Gasteiger partial charge in [-0.25, -0.2) is 0 Å².